The number of benzene rings is 1. The van der Waals surface area contributed by atoms with Crippen molar-refractivity contribution in [3.05, 3.63) is 57.4 Å². The number of rotatable bonds is 7. The first-order valence-electron chi connectivity index (χ1n) is 8.82. The number of halogens is 1. The van der Waals surface area contributed by atoms with E-state index in [1.807, 2.05) is 6.07 Å². The number of nitrogens with one attached hydrogen (secondary N) is 2. The number of aromatic amines is 1. The van der Waals surface area contributed by atoms with Crippen molar-refractivity contribution in [2.24, 2.45) is 0 Å². The minimum Gasteiger partial charge on any atom is -0.462 e. The van der Waals surface area contributed by atoms with Crippen molar-refractivity contribution in [3.63, 3.8) is 0 Å². The second kappa shape index (κ2) is 9.41. The van der Waals surface area contributed by atoms with E-state index in [4.69, 9.17) is 21.1 Å². The SMILES string of the molecule is CCOC(=O)c1c(C)[nH]c(C(=O)OCC(=O)N[C@H](C)c2cccc(Cl)c2)c1C. The van der Waals surface area contributed by atoms with Crippen LogP contribution in [0.3, 0.4) is 0 Å². The molecule has 8 heteroatoms. The van der Waals surface area contributed by atoms with Crippen LogP contribution < -0.4 is 5.32 Å². The Hall–Kier alpha value is -2.80. The molecule has 0 bridgehead atoms. The molecule has 1 atom stereocenters. The summed E-state index contributed by atoms with van der Waals surface area (Å²) in [5.41, 5.74) is 2.18. The Morgan fingerprint density at radius 3 is 2.54 bits per heavy atom. The molecule has 0 aliphatic rings. The van der Waals surface area contributed by atoms with Gasteiger partial charge in [-0.05, 0) is 51.0 Å². The number of esters is 2. The molecule has 0 fully saturated rings. The van der Waals surface area contributed by atoms with Crippen LogP contribution in [0.5, 0.6) is 0 Å². The number of carbonyl (C=O) groups is 3. The van der Waals surface area contributed by atoms with Gasteiger partial charge in [-0.3, -0.25) is 4.79 Å². The van der Waals surface area contributed by atoms with Crippen LogP contribution >= 0.6 is 11.6 Å². The number of ether oxygens (including phenoxy) is 2. The van der Waals surface area contributed by atoms with Crippen LogP contribution in [0.2, 0.25) is 5.02 Å². The zero-order chi connectivity index (χ0) is 20.8. The fourth-order valence-electron chi connectivity index (χ4n) is 2.81. The second-order valence-corrected chi connectivity index (χ2v) is 6.70. The molecule has 2 N–H and O–H groups in total. The molecule has 0 radical (unpaired) electrons. The molecule has 28 heavy (non-hydrogen) atoms. The second-order valence-electron chi connectivity index (χ2n) is 6.27. The zero-order valence-corrected chi connectivity index (χ0v) is 17.0. The molecule has 150 valence electrons. The first-order valence-corrected chi connectivity index (χ1v) is 9.20. The van der Waals surface area contributed by atoms with Crippen molar-refractivity contribution in [1.82, 2.24) is 10.3 Å². The van der Waals surface area contributed by atoms with Crippen molar-refractivity contribution in [2.45, 2.75) is 33.7 Å². The first kappa shape index (κ1) is 21.5. The maximum absolute atomic E-state index is 12.3. The Balaban J connectivity index is 1.97. The van der Waals surface area contributed by atoms with Crippen LogP contribution in [0.4, 0.5) is 0 Å². The molecule has 1 amide bonds. The highest BCUT2D eigenvalue weighted by atomic mass is 35.5. The Bertz CT molecular complexity index is 891. The molecule has 7 nitrogen and oxygen atoms in total. The normalized spacial score (nSPS) is 11.6. The number of H-pyrrole nitrogens is 1. The highest BCUT2D eigenvalue weighted by molar-refractivity contribution is 6.30. The predicted octanol–water partition coefficient (Wildman–Crippen LogP) is 3.50. The van der Waals surface area contributed by atoms with Gasteiger partial charge in [-0.2, -0.15) is 0 Å². The van der Waals surface area contributed by atoms with Gasteiger partial charge < -0.3 is 19.8 Å². The lowest BCUT2D eigenvalue weighted by molar-refractivity contribution is -0.124. The molecular weight excluding hydrogens is 384 g/mol. The van der Waals surface area contributed by atoms with E-state index in [0.29, 0.717) is 21.8 Å². The van der Waals surface area contributed by atoms with Crippen molar-refractivity contribution >= 4 is 29.4 Å². The smallest absolute Gasteiger partial charge is 0.355 e. The van der Waals surface area contributed by atoms with Crippen LogP contribution in [-0.2, 0) is 14.3 Å². The number of aromatic nitrogens is 1. The number of hydrogen-bond acceptors (Lipinski definition) is 5. The fourth-order valence-corrected chi connectivity index (χ4v) is 3.01. The van der Waals surface area contributed by atoms with Crippen LogP contribution in [-0.4, -0.2) is 36.0 Å². The average Bonchev–Trinajstić information content (AvgIpc) is 2.94. The maximum atomic E-state index is 12.3. The molecule has 0 saturated heterocycles. The van der Waals surface area contributed by atoms with Crippen LogP contribution in [0, 0.1) is 13.8 Å². The fraction of sp³-hybridized carbons (Fsp3) is 0.350. The molecule has 0 spiro atoms. The summed E-state index contributed by atoms with van der Waals surface area (Å²) in [6, 6.07) is 6.82. The van der Waals surface area contributed by atoms with Gasteiger partial charge in [0.15, 0.2) is 6.61 Å². The van der Waals surface area contributed by atoms with Gasteiger partial charge in [0.1, 0.15) is 5.69 Å². The number of carbonyl (C=O) groups excluding carboxylic acids is 3. The molecule has 1 heterocycles. The summed E-state index contributed by atoms with van der Waals surface area (Å²) in [4.78, 5) is 39.2. The molecule has 1 aromatic carbocycles. The topological polar surface area (TPSA) is 97.5 Å². The Morgan fingerprint density at radius 1 is 1.18 bits per heavy atom. The number of amides is 1. The molecule has 0 unspecified atom stereocenters. The third kappa shape index (κ3) is 5.13. The van der Waals surface area contributed by atoms with Gasteiger partial charge in [0, 0.05) is 10.7 Å². The summed E-state index contributed by atoms with van der Waals surface area (Å²) in [7, 11) is 0. The Morgan fingerprint density at radius 2 is 1.89 bits per heavy atom. The average molecular weight is 407 g/mol. The van der Waals surface area contributed by atoms with E-state index in [-0.39, 0.29) is 18.3 Å². The molecule has 2 rings (SSSR count). The molecule has 1 aromatic heterocycles. The van der Waals surface area contributed by atoms with Crippen molar-refractivity contribution in [3.8, 4) is 0 Å². The predicted molar refractivity (Wildman–Crippen MR) is 105 cm³/mol. The zero-order valence-electron chi connectivity index (χ0n) is 16.2. The Labute approximate surface area is 168 Å². The third-order valence-corrected chi connectivity index (χ3v) is 4.42. The largest absolute Gasteiger partial charge is 0.462 e. The van der Waals surface area contributed by atoms with E-state index >= 15 is 0 Å². The van der Waals surface area contributed by atoms with E-state index in [2.05, 4.69) is 10.3 Å². The van der Waals surface area contributed by atoms with Crippen molar-refractivity contribution < 1.29 is 23.9 Å². The van der Waals surface area contributed by atoms with Gasteiger partial charge in [0.05, 0.1) is 18.2 Å². The van der Waals surface area contributed by atoms with E-state index in [9.17, 15) is 14.4 Å². The van der Waals surface area contributed by atoms with E-state index in [1.165, 1.54) is 0 Å². The molecule has 2 aromatic rings. The van der Waals surface area contributed by atoms with E-state index in [0.717, 1.165) is 5.56 Å². The summed E-state index contributed by atoms with van der Waals surface area (Å²) in [5, 5.41) is 3.31. The van der Waals surface area contributed by atoms with Crippen LogP contribution in [0.25, 0.3) is 0 Å². The minimum atomic E-state index is -0.721. The highest BCUT2D eigenvalue weighted by Crippen LogP contribution is 2.20. The van der Waals surface area contributed by atoms with Gasteiger partial charge in [0.25, 0.3) is 5.91 Å². The standard InChI is InChI=1S/C20H23ClN2O5/c1-5-27-19(25)17-11(2)18(23-13(17)4)20(26)28-10-16(24)22-12(3)14-7-6-8-15(21)9-14/h6-9,12,23H,5,10H2,1-4H3,(H,22,24)/t12-/m1/s1. The Kier molecular flexibility index (Phi) is 7.23. The van der Waals surface area contributed by atoms with Crippen molar-refractivity contribution in [2.75, 3.05) is 13.2 Å². The van der Waals surface area contributed by atoms with Crippen LogP contribution in [0.1, 0.15) is 57.6 Å². The van der Waals surface area contributed by atoms with E-state index in [1.54, 1.807) is 45.9 Å². The summed E-state index contributed by atoms with van der Waals surface area (Å²) in [5.74, 6) is -1.69. The minimum absolute atomic E-state index is 0.122. The number of aryl methyl sites for hydroxylation is 1. The molecule has 0 saturated carbocycles. The van der Waals surface area contributed by atoms with Gasteiger partial charge >= 0.3 is 11.9 Å². The molecule has 0 aliphatic heterocycles. The van der Waals surface area contributed by atoms with Gasteiger partial charge in [-0.15, -0.1) is 0 Å². The first-order chi connectivity index (χ1) is 13.2. The number of hydrogen-bond donors (Lipinski definition) is 2. The third-order valence-electron chi connectivity index (χ3n) is 4.18. The summed E-state index contributed by atoms with van der Waals surface area (Å²) < 4.78 is 10.1. The lowest BCUT2D eigenvalue weighted by Crippen LogP contribution is -2.31. The quantitative estimate of drug-likeness (QED) is 0.686. The van der Waals surface area contributed by atoms with E-state index < -0.39 is 24.5 Å². The van der Waals surface area contributed by atoms with Gasteiger partial charge in [-0.1, -0.05) is 23.7 Å². The lowest BCUT2D eigenvalue weighted by Gasteiger charge is -2.14. The lowest BCUT2D eigenvalue weighted by atomic mass is 10.1. The summed E-state index contributed by atoms with van der Waals surface area (Å²) in [6.45, 7) is 6.57. The van der Waals surface area contributed by atoms with Crippen LogP contribution in [0.15, 0.2) is 24.3 Å². The van der Waals surface area contributed by atoms with Gasteiger partial charge in [-0.25, -0.2) is 9.59 Å². The highest BCUT2D eigenvalue weighted by Gasteiger charge is 2.24. The monoisotopic (exact) mass is 406 g/mol. The maximum Gasteiger partial charge on any atom is 0.355 e. The van der Waals surface area contributed by atoms with Crippen molar-refractivity contribution in [1.29, 1.82) is 0 Å². The molecular formula is C20H23ClN2O5. The summed E-state index contributed by atoms with van der Waals surface area (Å²) in [6.07, 6.45) is 0. The summed E-state index contributed by atoms with van der Waals surface area (Å²) >= 11 is 5.95. The molecule has 0 aliphatic carbocycles. The van der Waals surface area contributed by atoms with Gasteiger partial charge in [0.2, 0.25) is 0 Å².